The first-order valence-corrected chi connectivity index (χ1v) is 10.0. The number of nitrogens with zero attached hydrogens (tertiary/aromatic N) is 1. The minimum Gasteiger partial charge on any atom is -0.493 e. The van der Waals surface area contributed by atoms with Gasteiger partial charge in [-0.1, -0.05) is 24.6 Å². The van der Waals surface area contributed by atoms with Gasteiger partial charge in [0, 0.05) is 25.1 Å². The van der Waals surface area contributed by atoms with Crippen molar-refractivity contribution in [2.75, 3.05) is 26.8 Å². The van der Waals surface area contributed by atoms with Gasteiger partial charge in [-0.2, -0.15) is 0 Å². The number of hydrogen-bond donors (Lipinski definition) is 2. The third-order valence-electron chi connectivity index (χ3n) is 4.47. The molecule has 6 heteroatoms. The van der Waals surface area contributed by atoms with E-state index in [9.17, 15) is 4.79 Å². The molecule has 150 valence electrons. The Labute approximate surface area is 162 Å². The molecule has 1 aromatic carbocycles. The number of carbonyl (C=O) groups excluding carboxylic acids is 1. The number of benzene rings is 1. The van der Waals surface area contributed by atoms with E-state index in [0.29, 0.717) is 13.0 Å². The Kier molecular flexibility index (Phi) is 9.52. The highest BCUT2D eigenvalue weighted by Crippen LogP contribution is 2.30. The van der Waals surface area contributed by atoms with Crippen LogP contribution < -0.4 is 15.4 Å². The number of unbranched alkanes of at least 4 members (excludes halogenated alkanes) is 2. The molecule has 0 amide bonds. The smallest absolute Gasteiger partial charge is 0.305 e. The Morgan fingerprint density at radius 1 is 1.19 bits per heavy atom. The van der Waals surface area contributed by atoms with E-state index in [-0.39, 0.29) is 5.97 Å². The molecule has 0 heterocycles. The molecule has 1 aromatic rings. The molecule has 27 heavy (non-hydrogen) atoms. The van der Waals surface area contributed by atoms with Crippen molar-refractivity contribution < 1.29 is 14.3 Å². The lowest BCUT2D eigenvalue weighted by molar-refractivity contribution is -0.140. The number of para-hydroxylation sites is 1. The first-order valence-electron chi connectivity index (χ1n) is 10.0. The number of nitrogens with one attached hydrogen (secondary N) is 2. The summed E-state index contributed by atoms with van der Waals surface area (Å²) >= 11 is 0. The van der Waals surface area contributed by atoms with E-state index in [1.807, 2.05) is 18.2 Å². The Morgan fingerprint density at radius 2 is 2.00 bits per heavy atom. The summed E-state index contributed by atoms with van der Waals surface area (Å²) < 4.78 is 10.6. The van der Waals surface area contributed by atoms with Gasteiger partial charge in [0.05, 0.1) is 20.3 Å². The molecule has 0 saturated heterocycles. The average molecular weight is 376 g/mol. The van der Waals surface area contributed by atoms with Gasteiger partial charge in [-0.15, -0.1) is 0 Å². The summed E-state index contributed by atoms with van der Waals surface area (Å²) in [5, 5.41) is 6.63. The predicted octanol–water partition coefficient (Wildman–Crippen LogP) is 3.26. The minimum atomic E-state index is -0.138. The third-order valence-corrected chi connectivity index (χ3v) is 4.47. The van der Waals surface area contributed by atoms with E-state index >= 15 is 0 Å². The standard InChI is InChI=1S/C21H33N3O3/c1-3-22-21(23-14-8-4-5-11-20(25)26-2)24-15-18-9-6-7-10-19(18)27-16-17-12-13-17/h6-7,9-10,17H,3-5,8,11-16H2,1-2H3,(H2,22,23,24). The molecular formula is C21H33N3O3. The van der Waals surface area contributed by atoms with Crippen LogP contribution >= 0.6 is 0 Å². The van der Waals surface area contributed by atoms with Crippen molar-refractivity contribution in [1.82, 2.24) is 10.6 Å². The van der Waals surface area contributed by atoms with E-state index in [2.05, 4.69) is 33.4 Å². The molecule has 1 aliphatic rings. The Bertz CT molecular complexity index is 600. The van der Waals surface area contributed by atoms with Gasteiger partial charge in [-0.25, -0.2) is 4.99 Å². The molecule has 0 bridgehead atoms. The lowest BCUT2D eigenvalue weighted by Crippen LogP contribution is -2.37. The molecule has 2 rings (SSSR count). The number of ether oxygens (including phenoxy) is 2. The molecule has 0 radical (unpaired) electrons. The maximum atomic E-state index is 11.1. The van der Waals surface area contributed by atoms with Crippen LogP contribution in [0.3, 0.4) is 0 Å². The molecule has 1 fully saturated rings. The van der Waals surface area contributed by atoms with Crippen LogP contribution in [0.1, 0.15) is 51.0 Å². The molecule has 2 N–H and O–H groups in total. The Balaban J connectivity index is 1.76. The molecule has 0 spiro atoms. The monoisotopic (exact) mass is 375 g/mol. The first-order chi connectivity index (χ1) is 13.2. The van der Waals surface area contributed by atoms with Gasteiger partial charge in [0.2, 0.25) is 0 Å². The number of methoxy groups -OCH3 is 1. The number of aliphatic imine (C=N–C) groups is 1. The fourth-order valence-corrected chi connectivity index (χ4v) is 2.65. The number of carbonyl (C=O) groups is 1. The van der Waals surface area contributed by atoms with Crippen molar-refractivity contribution in [1.29, 1.82) is 0 Å². The highest BCUT2D eigenvalue weighted by atomic mass is 16.5. The largest absolute Gasteiger partial charge is 0.493 e. The summed E-state index contributed by atoms with van der Waals surface area (Å²) in [6.45, 7) is 5.09. The number of rotatable bonds is 12. The first kappa shape index (κ1) is 21.1. The summed E-state index contributed by atoms with van der Waals surface area (Å²) in [6, 6.07) is 8.13. The van der Waals surface area contributed by atoms with E-state index in [1.165, 1.54) is 20.0 Å². The van der Waals surface area contributed by atoms with Crippen molar-refractivity contribution in [2.24, 2.45) is 10.9 Å². The van der Waals surface area contributed by atoms with Crippen molar-refractivity contribution in [3.05, 3.63) is 29.8 Å². The lowest BCUT2D eigenvalue weighted by Gasteiger charge is -2.13. The molecule has 0 aliphatic heterocycles. The van der Waals surface area contributed by atoms with Crippen LogP contribution in [-0.4, -0.2) is 38.7 Å². The average Bonchev–Trinajstić information content (AvgIpc) is 3.51. The summed E-state index contributed by atoms with van der Waals surface area (Å²) in [5.74, 6) is 2.34. The third kappa shape index (κ3) is 8.80. The second-order valence-electron chi connectivity index (χ2n) is 6.87. The molecular weight excluding hydrogens is 342 g/mol. The predicted molar refractivity (Wildman–Crippen MR) is 108 cm³/mol. The van der Waals surface area contributed by atoms with Crippen molar-refractivity contribution in [3.63, 3.8) is 0 Å². The highest BCUT2D eigenvalue weighted by Gasteiger charge is 2.22. The lowest BCUT2D eigenvalue weighted by atomic mass is 10.2. The fraction of sp³-hybridized carbons (Fsp3) is 0.619. The van der Waals surface area contributed by atoms with Gasteiger partial charge < -0.3 is 20.1 Å². The van der Waals surface area contributed by atoms with Gasteiger partial charge in [0.25, 0.3) is 0 Å². The molecule has 6 nitrogen and oxygen atoms in total. The molecule has 0 aromatic heterocycles. The van der Waals surface area contributed by atoms with Gasteiger partial charge in [0.1, 0.15) is 5.75 Å². The number of guanidine groups is 1. The van der Waals surface area contributed by atoms with Crippen molar-refractivity contribution >= 4 is 11.9 Å². The highest BCUT2D eigenvalue weighted by molar-refractivity contribution is 5.79. The second kappa shape index (κ2) is 12.2. The van der Waals surface area contributed by atoms with Crippen LogP contribution in [0.4, 0.5) is 0 Å². The van der Waals surface area contributed by atoms with Crippen molar-refractivity contribution in [2.45, 2.75) is 52.0 Å². The fourth-order valence-electron chi connectivity index (χ4n) is 2.65. The van der Waals surface area contributed by atoms with E-state index in [1.54, 1.807) is 0 Å². The number of esters is 1. The SMILES string of the molecule is CCNC(=NCc1ccccc1OCC1CC1)NCCCCCC(=O)OC. The van der Waals surface area contributed by atoms with Crippen LogP contribution in [-0.2, 0) is 16.1 Å². The second-order valence-corrected chi connectivity index (χ2v) is 6.87. The summed E-state index contributed by atoms with van der Waals surface area (Å²) in [5.41, 5.74) is 1.11. The normalized spacial score (nSPS) is 13.9. The zero-order valence-electron chi connectivity index (χ0n) is 16.6. The van der Waals surface area contributed by atoms with Crippen LogP contribution in [0.5, 0.6) is 5.75 Å². The Hall–Kier alpha value is -2.24. The van der Waals surface area contributed by atoms with Gasteiger partial charge in [0.15, 0.2) is 5.96 Å². The molecule has 1 aliphatic carbocycles. The van der Waals surface area contributed by atoms with Gasteiger partial charge in [-0.05, 0) is 44.6 Å². The zero-order valence-corrected chi connectivity index (χ0v) is 16.6. The van der Waals surface area contributed by atoms with Crippen LogP contribution in [0, 0.1) is 5.92 Å². The van der Waals surface area contributed by atoms with Crippen molar-refractivity contribution in [3.8, 4) is 5.75 Å². The molecule has 1 saturated carbocycles. The molecule has 0 unspecified atom stereocenters. The minimum absolute atomic E-state index is 0.138. The van der Waals surface area contributed by atoms with Crippen LogP contribution in [0.25, 0.3) is 0 Å². The maximum absolute atomic E-state index is 11.1. The van der Waals surface area contributed by atoms with E-state index < -0.39 is 0 Å². The van der Waals surface area contributed by atoms with E-state index in [4.69, 9.17) is 4.74 Å². The maximum Gasteiger partial charge on any atom is 0.305 e. The van der Waals surface area contributed by atoms with Gasteiger partial charge in [-0.3, -0.25) is 4.79 Å². The summed E-state index contributed by atoms with van der Waals surface area (Å²) in [7, 11) is 1.43. The van der Waals surface area contributed by atoms with Gasteiger partial charge >= 0.3 is 5.97 Å². The van der Waals surface area contributed by atoms with Crippen LogP contribution in [0.15, 0.2) is 29.3 Å². The Morgan fingerprint density at radius 3 is 2.74 bits per heavy atom. The van der Waals surface area contributed by atoms with E-state index in [0.717, 1.165) is 62.1 Å². The summed E-state index contributed by atoms with van der Waals surface area (Å²) in [4.78, 5) is 15.8. The summed E-state index contributed by atoms with van der Waals surface area (Å²) in [6.07, 6.45) is 5.89. The van der Waals surface area contributed by atoms with Crippen LogP contribution in [0.2, 0.25) is 0 Å². The topological polar surface area (TPSA) is 72.0 Å². The zero-order chi connectivity index (χ0) is 19.3. The molecule has 0 atom stereocenters. The quantitative estimate of drug-likeness (QED) is 0.254. The number of hydrogen-bond acceptors (Lipinski definition) is 4.